The lowest BCUT2D eigenvalue weighted by molar-refractivity contribution is -0.911. The molecule has 0 amide bonds. The van der Waals surface area contributed by atoms with Gasteiger partial charge in [-0.3, -0.25) is 4.79 Å². The highest BCUT2D eigenvalue weighted by atomic mass is 79.9. The van der Waals surface area contributed by atoms with Crippen LogP contribution < -0.4 is 17.0 Å². The van der Waals surface area contributed by atoms with E-state index in [4.69, 9.17) is 9.47 Å². The first kappa shape index (κ1) is 17.8. The smallest absolute Gasteiger partial charge is 0.316 e. The third kappa shape index (κ3) is 2.78. The normalized spacial score (nSPS) is 40.2. The molecule has 5 unspecified atom stereocenters. The van der Waals surface area contributed by atoms with Gasteiger partial charge in [-0.05, 0) is 5.56 Å². The Balaban J connectivity index is 0.00000169. The molecule has 0 aromatic heterocycles. The molecule has 0 saturated carbocycles. The van der Waals surface area contributed by atoms with Crippen molar-refractivity contribution in [3.05, 3.63) is 41.1 Å². The fraction of sp³-hybridized carbons (Fsp3) is 0.588. The topological polar surface area (TPSA) is 82.1 Å². The minimum atomic E-state index is -0.672. The zero-order valence-electron chi connectivity index (χ0n) is 13.4. The number of fused-ring (bicyclic) bond motifs is 5. The summed E-state index contributed by atoms with van der Waals surface area (Å²) in [5.74, 6) is -1.09. The van der Waals surface area contributed by atoms with Gasteiger partial charge in [-0.15, -0.1) is 0 Å². The molecule has 7 heteroatoms. The number of carbonyl (C=O) groups excluding carboxylic acids is 1. The number of rotatable bonds is 4. The number of aliphatic hydroxyl groups is 1. The Hall–Kier alpha value is -0.990. The molecule has 4 rings (SSSR count). The molecule has 1 aromatic rings. The third-order valence-electron chi connectivity index (χ3n) is 5.60. The van der Waals surface area contributed by atoms with Crippen molar-refractivity contribution in [1.82, 2.24) is 0 Å². The van der Waals surface area contributed by atoms with Crippen LogP contribution in [0, 0.1) is 5.21 Å². The number of ether oxygens (including phenoxy) is 2. The summed E-state index contributed by atoms with van der Waals surface area (Å²) in [7, 11) is 1.70. The standard InChI is InChI=1S/C17H21NO5.BrH/c1-18(21)13-7-11(8-14(18)16-15(13)23-16)22-17(20)12(9-19)10-5-3-2-4-6-10;/h2-6,11-16,19H,7-9H2,1H3;1H/p-1. The first-order chi connectivity index (χ1) is 11.0. The maximum absolute atomic E-state index is 12.6. The summed E-state index contributed by atoms with van der Waals surface area (Å²) >= 11 is 0. The number of aliphatic hydroxyl groups excluding tert-OH is 1. The molecule has 3 aliphatic heterocycles. The fourth-order valence-electron chi connectivity index (χ4n) is 4.25. The van der Waals surface area contributed by atoms with E-state index in [-0.39, 0.29) is 58.6 Å². The van der Waals surface area contributed by atoms with Crippen LogP contribution in [0.5, 0.6) is 0 Å². The van der Waals surface area contributed by atoms with Crippen molar-refractivity contribution in [3.63, 3.8) is 0 Å². The van der Waals surface area contributed by atoms with E-state index in [0.717, 1.165) is 5.56 Å². The molecule has 0 aliphatic carbocycles. The van der Waals surface area contributed by atoms with Crippen LogP contribution in [-0.4, -0.2) is 59.8 Å². The zero-order chi connectivity index (χ0) is 16.2. The summed E-state index contributed by atoms with van der Waals surface area (Å²) in [4.78, 5) is 12.4. The highest BCUT2D eigenvalue weighted by molar-refractivity contribution is 5.78. The van der Waals surface area contributed by atoms with E-state index in [0.29, 0.717) is 12.8 Å². The number of halogens is 1. The summed E-state index contributed by atoms with van der Waals surface area (Å²) in [5.41, 5.74) is 0.745. The van der Waals surface area contributed by atoms with E-state index in [9.17, 15) is 15.1 Å². The highest BCUT2D eigenvalue weighted by Crippen LogP contribution is 2.52. The Kier molecular flexibility index (Phi) is 4.74. The number of hydrogen-bond acceptors (Lipinski definition) is 5. The predicted molar refractivity (Wildman–Crippen MR) is 81.2 cm³/mol. The van der Waals surface area contributed by atoms with Crippen LogP contribution in [0.2, 0.25) is 0 Å². The molecule has 3 saturated heterocycles. The molecule has 3 aliphatic rings. The Morgan fingerprint density at radius 3 is 2.46 bits per heavy atom. The van der Waals surface area contributed by atoms with Gasteiger partial charge in [0.05, 0.1) is 13.7 Å². The molecule has 132 valence electrons. The van der Waals surface area contributed by atoms with Crippen molar-refractivity contribution in [3.8, 4) is 0 Å². The van der Waals surface area contributed by atoms with Gasteiger partial charge in [-0.2, -0.15) is 0 Å². The molecule has 3 fully saturated rings. The number of nitrogens with zero attached hydrogens (tertiary/aromatic N) is 1. The quantitative estimate of drug-likeness (QED) is 0.273. The van der Waals surface area contributed by atoms with E-state index in [2.05, 4.69) is 0 Å². The number of esters is 1. The Morgan fingerprint density at radius 2 is 1.92 bits per heavy atom. The highest BCUT2D eigenvalue weighted by Gasteiger charge is 2.69. The lowest BCUT2D eigenvalue weighted by atomic mass is 9.97. The molecule has 0 spiro atoms. The summed E-state index contributed by atoms with van der Waals surface area (Å²) in [5, 5.41) is 22.2. The first-order valence-electron chi connectivity index (χ1n) is 8.11. The van der Waals surface area contributed by atoms with Gasteiger partial charge in [-0.1, -0.05) is 30.3 Å². The molecule has 3 heterocycles. The molecule has 2 bridgehead atoms. The Labute approximate surface area is 151 Å². The Bertz CT molecular complexity index is 590. The lowest BCUT2D eigenvalue weighted by Gasteiger charge is -2.51. The van der Waals surface area contributed by atoms with Crippen LogP contribution in [0.25, 0.3) is 0 Å². The largest absolute Gasteiger partial charge is 1.00 e. The molecular weight excluding hydrogens is 378 g/mol. The SMILES string of the molecule is C[N+]1([O-])C2CC(OC(=O)C(CO)c3ccccc3)CC1C1OC12.[Br-]. The monoisotopic (exact) mass is 398 g/mol. The second-order valence-corrected chi connectivity index (χ2v) is 6.94. The predicted octanol–water partition coefficient (Wildman–Crippen LogP) is -2.07. The van der Waals surface area contributed by atoms with Crippen molar-refractivity contribution in [2.45, 2.75) is 49.2 Å². The van der Waals surface area contributed by atoms with Gasteiger partial charge in [0.25, 0.3) is 0 Å². The van der Waals surface area contributed by atoms with Crippen LogP contribution in [0.3, 0.4) is 0 Å². The summed E-state index contributed by atoms with van der Waals surface area (Å²) in [6, 6.07) is 8.86. The van der Waals surface area contributed by atoms with Gasteiger partial charge in [0.15, 0.2) is 0 Å². The molecule has 1 N–H and O–H groups in total. The zero-order valence-corrected chi connectivity index (χ0v) is 15.0. The maximum Gasteiger partial charge on any atom is 0.316 e. The van der Waals surface area contributed by atoms with E-state index in [1.165, 1.54) is 0 Å². The van der Waals surface area contributed by atoms with Crippen molar-refractivity contribution in [2.75, 3.05) is 13.7 Å². The van der Waals surface area contributed by atoms with Gasteiger partial charge in [0, 0.05) is 12.8 Å². The number of hydrogen-bond donors (Lipinski definition) is 1. The molecule has 24 heavy (non-hydrogen) atoms. The van der Waals surface area contributed by atoms with E-state index in [1.807, 2.05) is 18.2 Å². The Morgan fingerprint density at radius 1 is 1.33 bits per heavy atom. The van der Waals surface area contributed by atoms with Crippen molar-refractivity contribution < 1.29 is 41.0 Å². The minimum Gasteiger partial charge on any atom is -1.00 e. The molecule has 5 atom stereocenters. The van der Waals surface area contributed by atoms with Gasteiger partial charge < -0.3 is 41.4 Å². The van der Waals surface area contributed by atoms with Gasteiger partial charge in [-0.25, -0.2) is 0 Å². The average molecular weight is 399 g/mol. The number of piperidine rings is 1. The first-order valence-corrected chi connectivity index (χ1v) is 8.11. The molecular formula is C17H21BrNO5-. The van der Waals surface area contributed by atoms with E-state index >= 15 is 0 Å². The summed E-state index contributed by atoms with van der Waals surface area (Å²) < 4.78 is 10.9. The second-order valence-electron chi connectivity index (χ2n) is 6.94. The molecule has 6 nitrogen and oxygen atoms in total. The van der Waals surface area contributed by atoms with Crippen LogP contribution in [0.15, 0.2) is 30.3 Å². The average Bonchev–Trinajstić information content (AvgIpc) is 3.27. The number of benzene rings is 1. The molecule has 0 radical (unpaired) electrons. The van der Waals surface area contributed by atoms with E-state index < -0.39 is 11.9 Å². The third-order valence-corrected chi connectivity index (χ3v) is 5.60. The van der Waals surface area contributed by atoms with Crippen molar-refractivity contribution in [1.29, 1.82) is 0 Å². The van der Waals surface area contributed by atoms with Gasteiger partial charge >= 0.3 is 5.97 Å². The summed E-state index contributed by atoms with van der Waals surface area (Å²) in [6.07, 6.45) is 0.891. The number of quaternary nitrogens is 1. The minimum absolute atomic E-state index is 0. The van der Waals surface area contributed by atoms with E-state index in [1.54, 1.807) is 19.2 Å². The number of hydroxylamine groups is 3. The number of epoxide rings is 1. The maximum atomic E-state index is 12.6. The molecule has 1 aromatic carbocycles. The van der Waals surface area contributed by atoms with Crippen LogP contribution in [0.1, 0.15) is 24.3 Å². The van der Waals surface area contributed by atoms with Crippen LogP contribution in [-0.2, 0) is 14.3 Å². The van der Waals surface area contributed by atoms with Crippen molar-refractivity contribution >= 4 is 5.97 Å². The van der Waals surface area contributed by atoms with Gasteiger partial charge in [0.2, 0.25) is 0 Å². The fourth-order valence-corrected chi connectivity index (χ4v) is 4.25. The number of morpholine rings is 1. The second kappa shape index (κ2) is 6.38. The van der Waals surface area contributed by atoms with Crippen molar-refractivity contribution in [2.24, 2.45) is 0 Å². The van der Waals surface area contributed by atoms with Gasteiger partial charge in [0.1, 0.15) is 36.3 Å². The number of likely N-dealkylation sites (N-methyl/N-ethyl adjacent to an activating group) is 1. The lowest BCUT2D eigenvalue weighted by Crippen LogP contribution is -3.00. The van der Waals surface area contributed by atoms with Crippen LogP contribution in [0.4, 0.5) is 0 Å². The number of carbonyl (C=O) groups is 1. The summed E-state index contributed by atoms with van der Waals surface area (Å²) in [6.45, 7) is -0.286. The van der Waals surface area contributed by atoms with Crippen LogP contribution >= 0.6 is 0 Å².